The number of nitrogens with two attached hydrogens (primary N) is 1. The van der Waals surface area contributed by atoms with Gasteiger partial charge in [-0.25, -0.2) is 0 Å². The number of aryl methyl sites for hydroxylation is 1. The van der Waals surface area contributed by atoms with Crippen LogP contribution in [0.25, 0.3) is 0 Å². The largest absolute Gasteiger partial charge is 0.506 e. The van der Waals surface area contributed by atoms with Crippen LogP contribution in [0.5, 0.6) is 5.75 Å². The molecule has 0 bridgehead atoms. The van der Waals surface area contributed by atoms with Crippen LogP contribution in [0.1, 0.15) is 36.6 Å². The molecule has 1 rings (SSSR count). The van der Waals surface area contributed by atoms with Crippen LogP contribution >= 0.6 is 0 Å². The average molecular weight is 224 g/mol. The highest BCUT2D eigenvalue weighted by atomic mass is 16.5. The maximum Gasteiger partial charge on any atom is 0.141 e. The van der Waals surface area contributed by atoms with Crippen LogP contribution in [0.2, 0.25) is 0 Å². The Kier molecular flexibility index (Phi) is 5.22. The molecular formula is C12H20N2O2. The van der Waals surface area contributed by atoms with Crippen LogP contribution < -0.4 is 5.73 Å². The molecule has 3 N–H and O–H groups in total. The second-order valence-electron chi connectivity index (χ2n) is 3.81. The lowest BCUT2D eigenvalue weighted by atomic mass is 10.1. The molecule has 0 aliphatic rings. The van der Waals surface area contributed by atoms with Gasteiger partial charge in [0.15, 0.2) is 0 Å². The van der Waals surface area contributed by atoms with Crippen molar-refractivity contribution in [2.45, 2.75) is 39.8 Å². The molecule has 0 saturated carbocycles. The van der Waals surface area contributed by atoms with Crippen LogP contribution in [-0.2, 0) is 17.9 Å². The third kappa shape index (κ3) is 3.18. The smallest absolute Gasteiger partial charge is 0.141 e. The van der Waals surface area contributed by atoms with Gasteiger partial charge in [0, 0.05) is 30.5 Å². The van der Waals surface area contributed by atoms with Crippen LogP contribution in [-0.4, -0.2) is 16.7 Å². The molecule has 4 nitrogen and oxygen atoms in total. The number of nitrogens with zero attached hydrogens (tertiary/aromatic N) is 1. The van der Waals surface area contributed by atoms with Gasteiger partial charge in [0.05, 0.1) is 12.3 Å². The van der Waals surface area contributed by atoms with Gasteiger partial charge in [0.25, 0.3) is 0 Å². The summed E-state index contributed by atoms with van der Waals surface area (Å²) in [7, 11) is 0. The van der Waals surface area contributed by atoms with E-state index in [9.17, 15) is 5.11 Å². The summed E-state index contributed by atoms with van der Waals surface area (Å²) in [5.41, 5.74) is 7.83. The molecule has 16 heavy (non-hydrogen) atoms. The first-order chi connectivity index (χ1) is 7.70. The monoisotopic (exact) mass is 224 g/mol. The Bertz CT molecular complexity index is 340. The fraction of sp³-hybridized carbons (Fsp3) is 0.583. The highest BCUT2D eigenvalue weighted by molar-refractivity contribution is 5.40. The zero-order valence-electron chi connectivity index (χ0n) is 9.99. The molecule has 0 radical (unpaired) electrons. The van der Waals surface area contributed by atoms with Gasteiger partial charge in [0.1, 0.15) is 5.75 Å². The Labute approximate surface area is 96.5 Å². The number of aromatic hydroxyl groups is 1. The lowest BCUT2D eigenvalue weighted by molar-refractivity contribution is 0.117. The normalized spacial score (nSPS) is 10.7. The topological polar surface area (TPSA) is 68.4 Å². The van der Waals surface area contributed by atoms with E-state index in [1.807, 2.05) is 0 Å². The van der Waals surface area contributed by atoms with Gasteiger partial charge in [-0.05, 0) is 13.3 Å². The van der Waals surface area contributed by atoms with E-state index in [0.29, 0.717) is 18.8 Å². The summed E-state index contributed by atoms with van der Waals surface area (Å²) in [6.45, 7) is 5.38. The lowest BCUT2D eigenvalue weighted by Crippen LogP contribution is -2.06. The standard InChI is InChI=1S/C12H20N2O2/c1-3-4-5-16-8-10-7-14-9(2)12(15)11(10)6-13/h7,15H,3-6,8,13H2,1-2H3. The van der Waals surface area contributed by atoms with Gasteiger partial charge in [-0.2, -0.15) is 0 Å². The molecule has 0 amide bonds. The van der Waals surface area contributed by atoms with Gasteiger partial charge in [-0.3, -0.25) is 4.98 Å². The Hall–Kier alpha value is -1.13. The van der Waals surface area contributed by atoms with E-state index in [1.165, 1.54) is 0 Å². The van der Waals surface area contributed by atoms with Crippen LogP contribution in [0.4, 0.5) is 0 Å². The molecule has 1 aromatic heterocycles. The van der Waals surface area contributed by atoms with E-state index in [0.717, 1.165) is 30.6 Å². The second-order valence-corrected chi connectivity index (χ2v) is 3.81. The summed E-state index contributed by atoms with van der Waals surface area (Å²) in [6, 6.07) is 0. The zero-order valence-corrected chi connectivity index (χ0v) is 9.99. The first-order valence-electron chi connectivity index (χ1n) is 5.64. The van der Waals surface area contributed by atoms with E-state index < -0.39 is 0 Å². The quantitative estimate of drug-likeness (QED) is 0.724. The van der Waals surface area contributed by atoms with Crippen molar-refractivity contribution in [3.8, 4) is 5.75 Å². The van der Waals surface area contributed by atoms with Crippen molar-refractivity contribution < 1.29 is 9.84 Å². The van der Waals surface area contributed by atoms with E-state index in [1.54, 1.807) is 13.1 Å². The van der Waals surface area contributed by atoms with Crippen LogP contribution in [0, 0.1) is 6.92 Å². The van der Waals surface area contributed by atoms with Crippen molar-refractivity contribution >= 4 is 0 Å². The van der Waals surface area contributed by atoms with Crippen molar-refractivity contribution in [3.63, 3.8) is 0 Å². The Morgan fingerprint density at radius 2 is 2.25 bits per heavy atom. The average Bonchev–Trinajstić information content (AvgIpc) is 2.29. The first-order valence-corrected chi connectivity index (χ1v) is 5.64. The van der Waals surface area contributed by atoms with Gasteiger partial charge in [-0.15, -0.1) is 0 Å². The fourth-order valence-electron chi connectivity index (χ4n) is 1.46. The molecule has 0 saturated heterocycles. The molecule has 0 atom stereocenters. The lowest BCUT2D eigenvalue weighted by Gasteiger charge is -2.11. The minimum absolute atomic E-state index is 0.194. The van der Waals surface area contributed by atoms with Gasteiger partial charge in [0.2, 0.25) is 0 Å². The van der Waals surface area contributed by atoms with Crippen molar-refractivity contribution in [1.29, 1.82) is 0 Å². The molecule has 0 aliphatic heterocycles. The number of hydrogen-bond donors (Lipinski definition) is 2. The van der Waals surface area contributed by atoms with Crippen molar-refractivity contribution in [2.24, 2.45) is 5.73 Å². The number of hydrogen-bond acceptors (Lipinski definition) is 4. The predicted molar refractivity (Wildman–Crippen MR) is 63.1 cm³/mol. The molecular weight excluding hydrogens is 204 g/mol. The van der Waals surface area contributed by atoms with Gasteiger partial charge in [-0.1, -0.05) is 13.3 Å². The Morgan fingerprint density at radius 1 is 1.50 bits per heavy atom. The summed E-state index contributed by atoms with van der Waals surface area (Å²) < 4.78 is 5.49. The van der Waals surface area contributed by atoms with E-state index in [-0.39, 0.29) is 5.75 Å². The number of aromatic nitrogens is 1. The summed E-state index contributed by atoms with van der Waals surface area (Å²) >= 11 is 0. The van der Waals surface area contributed by atoms with Crippen molar-refractivity contribution in [2.75, 3.05) is 6.61 Å². The third-order valence-electron chi connectivity index (χ3n) is 2.53. The van der Waals surface area contributed by atoms with Gasteiger partial charge < -0.3 is 15.6 Å². The molecule has 90 valence electrons. The van der Waals surface area contributed by atoms with E-state index >= 15 is 0 Å². The summed E-state index contributed by atoms with van der Waals surface area (Å²) in [5, 5.41) is 9.78. The Balaban J connectivity index is 2.68. The maximum absolute atomic E-state index is 9.78. The van der Waals surface area contributed by atoms with Gasteiger partial charge >= 0.3 is 0 Å². The van der Waals surface area contributed by atoms with E-state index in [2.05, 4.69) is 11.9 Å². The summed E-state index contributed by atoms with van der Waals surface area (Å²) in [4.78, 5) is 4.10. The molecule has 1 aromatic rings. The molecule has 0 unspecified atom stereocenters. The number of pyridine rings is 1. The molecule has 0 aromatic carbocycles. The molecule has 0 spiro atoms. The SMILES string of the molecule is CCCCOCc1cnc(C)c(O)c1CN. The first kappa shape index (κ1) is 12.9. The third-order valence-corrected chi connectivity index (χ3v) is 2.53. The highest BCUT2D eigenvalue weighted by Crippen LogP contribution is 2.23. The summed E-state index contributed by atoms with van der Waals surface area (Å²) in [6.07, 6.45) is 3.88. The minimum atomic E-state index is 0.194. The molecule has 1 heterocycles. The number of ether oxygens (including phenoxy) is 1. The second kappa shape index (κ2) is 6.45. The molecule has 0 aliphatic carbocycles. The number of unbranched alkanes of at least 4 members (excludes halogenated alkanes) is 1. The fourth-order valence-corrected chi connectivity index (χ4v) is 1.46. The van der Waals surface area contributed by atoms with Crippen LogP contribution in [0.15, 0.2) is 6.20 Å². The Morgan fingerprint density at radius 3 is 2.88 bits per heavy atom. The van der Waals surface area contributed by atoms with Crippen LogP contribution in [0.3, 0.4) is 0 Å². The predicted octanol–water partition coefficient (Wildman–Crippen LogP) is 1.87. The minimum Gasteiger partial charge on any atom is -0.506 e. The maximum atomic E-state index is 9.78. The zero-order chi connectivity index (χ0) is 12.0. The molecule has 0 fully saturated rings. The van der Waals surface area contributed by atoms with Crippen molar-refractivity contribution in [3.05, 3.63) is 23.0 Å². The molecule has 4 heteroatoms. The number of rotatable bonds is 6. The van der Waals surface area contributed by atoms with Crippen molar-refractivity contribution in [1.82, 2.24) is 4.98 Å². The highest BCUT2D eigenvalue weighted by Gasteiger charge is 2.09. The van der Waals surface area contributed by atoms with E-state index in [4.69, 9.17) is 10.5 Å². The summed E-state index contributed by atoms with van der Waals surface area (Å²) in [5.74, 6) is 0.194.